The molecular formula is C71H106N13Na2O25PS3. The molecule has 115 heavy (non-hydrogen) atoms. The van der Waals surface area contributed by atoms with Gasteiger partial charge in [0, 0.05) is 121 Å². The predicted octanol–water partition coefficient (Wildman–Crippen LogP) is 11.4. The van der Waals surface area contributed by atoms with Gasteiger partial charge in [-0.3, -0.25) is 67.2 Å². The third-order valence-corrected chi connectivity index (χ3v) is 17.5. The molecule has 10 amide bonds. The van der Waals surface area contributed by atoms with Gasteiger partial charge in [-0.05, 0) is 156 Å². The molecule has 38 nitrogen and oxygen atoms in total. The van der Waals surface area contributed by atoms with Crippen LogP contribution in [0.1, 0.15) is 162 Å². The van der Waals surface area contributed by atoms with E-state index in [0.29, 0.717) is 75.5 Å². The fourth-order valence-electron chi connectivity index (χ4n) is 10.5. The molecule has 0 aliphatic heterocycles. The zero-order chi connectivity index (χ0) is 90.7. The Morgan fingerprint density at radius 3 is 1.03 bits per heavy atom. The summed E-state index contributed by atoms with van der Waals surface area (Å²) in [5, 5.41) is 51.0. The van der Waals surface area contributed by atoms with Gasteiger partial charge in [-0.2, -0.15) is 25.3 Å². The molecule has 0 aliphatic rings. The molecule has 44 heteroatoms. The Bertz CT molecular complexity index is 4310. The molecule has 0 bridgehead atoms. The molecule has 5 aromatic rings. The maximum atomic E-state index is 12.1. The first kappa shape index (κ1) is 114. The van der Waals surface area contributed by atoms with E-state index in [2.05, 4.69) is 128 Å². The van der Waals surface area contributed by atoms with Gasteiger partial charge in [0.1, 0.15) is 5.69 Å². The van der Waals surface area contributed by atoms with Crippen molar-refractivity contribution in [3.05, 3.63) is 128 Å². The second kappa shape index (κ2) is 60.3. The molecule has 630 valence electrons. The van der Waals surface area contributed by atoms with E-state index in [4.69, 9.17) is 64.9 Å². The number of nitro groups is 1. The second-order valence-corrected chi connectivity index (χ2v) is 28.9. The molecule has 5 rings (SSSR count). The standard InChI is InChI=1S/C30H52N2O2.C11H14N2O2.C10H11N3O4.C10H13N3O2.C10H12N2O2.HNO3.2Na.O4S2.H2O4S.HO2P/c1-13-18(3)20(5)21(6)22(7)23(8)24(9)30(12,19(4)14-2)28-17-27(31-25(10)33)15-16-29(28)32-26(11)34;1-7-6-10(12-8(2)14)4-5-11(7)13-9(3)15;1-6(14)11-8-3-4-9(12-7(2)15)10(5-8)13(16)17;1-6(14)12-8-3-4-10(9(11)5-8)13-7(2)15;1-7(13)11-9-3-5-10(6-4-9)12-8(2)14;2-1(3)4;;;1-5(2)6(3)4;1-5(2,3)4;1-3-2/h15-24H,13-14H2,1-12H3,(H,31,33)(H,32,34);4-6H,1-3H3,(H,12,14)(H,13,15);3-5H,1-2H3,(H,11,14)(H,12,15);3-5H,11H2,1-2H3,(H,12,14)(H,13,15);3-6H,1-2H3,(H,11,13)(H,12,14);(H,2,3,4);;;;(H2,1,2,3,4);(H,1,2). The Labute approximate surface area is 702 Å². The average Bonchev–Trinajstić information content (AvgIpc) is 0.756. The van der Waals surface area contributed by atoms with E-state index in [1.807, 2.05) is 25.1 Å². The van der Waals surface area contributed by atoms with Gasteiger partial charge in [-0.1, -0.05) is 82.1 Å². The van der Waals surface area contributed by atoms with E-state index in [0.717, 1.165) is 40.3 Å². The van der Waals surface area contributed by atoms with Crippen LogP contribution in [0.25, 0.3) is 0 Å². The van der Waals surface area contributed by atoms with Gasteiger partial charge in [-0.15, -0.1) is 10.1 Å². The van der Waals surface area contributed by atoms with Gasteiger partial charge in [0.2, 0.25) is 59.1 Å². The van der Waals surface area contributed by atoms with E-state index in [-0.39, 0.29) is 70.0 Å². The zero-order valence-electron chi connectivity index (χ0n) is 68.7. The summed E-state index contributed by atoms with van der Waals surface area (Å²) in [5.74, 6) is 2.10. The molecule has 8 atom stereocenters. The first-order chi connectivity index (χ1) is 52.9. The van der Waals surface area contributed by atoms with Crippen molar-refractivity contribution in [2.75, 3.05) is 58.9 Å². The number of rotatable bonds is 21. The molecule has 0 radical (unpaired) electrons. The van der Waals surface area contributed by atoms with Gasteiger partial charge in [0.25, 0.3) is 10.8 Å². The van der Waals surface area contributed by atoms with Crippen molar-refractivity contribution in [1.29, 1.82) is 0 Å². The summed E-state index contributed by atoms with van der Waals surface area (Å²) in [4.78, 5) is 136. The molecular weight excluding hydrogens is 1610 g/mol. The van der Waals surface area contributed by atoms with Gasteiger partial charge < -0.3 is 69.0 Å². The van der Waals surface area contributed by atoms with Crippen LogP contribution in [0.3, 0.4) is 0 Å². The molecule has 0 fully saturated rings. The van der Waals surface area contributed by atoms with Crippen LogP contribution >= 0.6 is 8.69 Å². The minimum atomic E-state index is -4.67. The molecule has 0 heterocycles. The summed E-state index contributed by atoms with van der Waals surface area (Å²) >= 11 is 2.89. The van der Waals surface area contributed by atoms with Crippen LogP contribution < -0.4 is 58.9 Å². The molecule has 0 saturated heterocycles. The number of nitrogens with zero attached hydrogens (tertiary/aromatic N) is 2. The van der Waals surface area contributed by atoms with Gasteiger partial charge >= 0.3 is 81.2 Å². The van der Waals surface area contributed by atoms with E-state index in [1.165, 1.54) is 131 Å². The van der Waals surface area contributed by atoms with Crippen LogP contribution in [-0.2, 0) is 86.9 Å². The van der Waals surface area contributed by atoms with Gasteiger partial charge in [0.05, 0.1) is 16.3 Å². The molecule has 0 aromatic heterocycles. The Balaban J connectivity index is -0.000000428. The first-order valence-electron chi connectivity index (χ1n) is 34.9. The maximum absolute atomic E-state index is 12.1. The van der Waals surface area contributed by atoms with E-state index in [9.17, 15) is 58.1 Å². The van der Waals surface area contributed by atoms with E-state index in [1.54, 1.807) is 61.5 Å². The molecule has 8 unspecified atom stereocenters. The monoisotopic (exact) mass is 1710 g/mol. The van der Waals surface area contributed by atoms with Crippen LogP contribution in [0.4, 0.5) is 68.2 Å². The van der Waals surface area contributed by atoms with E-state index >= 15 is 0 Å². The first-order valence-corrected chi connectivity index (χ1v) is 47.8. The predicted molar refractivity (Wildman–Crippen MR) is 445 cm³/mol. The number of anilines is 11. The summed E-state index contributed by atoms with van der Waals surface area (Å²) in [6.45, 7) is 39.8. The number of benzene rings is 5. The number of nitrogens with two attached hydrogens (primary N) is 1. The number of carbonyl (C=O) groups excluding carboxylic acids is 10. The van der Waals surface area contributed by atoms with Gasteiger partial charge in [-0.25, -0.2) is 4.57 Å². The Morgan fingerprint density at radius 1 is 0.470 bits per heavy atom. The van der Waals surface area contributed by atoms with Crippen molar-refractivity contribution in [1.82, 2.24) is 0 Å². The van der Waals surface area contributed by atoms with Crippen LogP contribution in [0, 0.1) is 68.6 Å². The average molecular weight is 1710 g/mol. The fraction of sp³-hybridized carbons (Fsp3) is 0.437. The number of amides is 10. The molecule has 5 aromatic carbocycles. The summed E-state index contributed by atoms with van der Waals surface area (Å²) in [7, 11) is -11.4. The van der Waals surface area contributed by atoms with Crippen molar-refractivity contribution in [3.63, 3.8) is 0 Å². The van der Waals surface area contributed by atoms with Crippen molar-refractivity contribution >= 4 is 209 Å². The number of hydrogen-bond donors (Lipinski definition) is 15. The molecule has 0 aliphatic carbocycles. The Hall–Kier alpha value is -9.23. The van der Waals surface area contributed by atoms with Crippen LogP contribution in [0.5, 0.6) is 0 Å². The zero-order valence-corrected chi connectivity index (χ0v) is 76.0. The SMILES string of the molecule is CC(=O)Nc1ccc(NC(C)=O)c(C)c1.CC(=O)Nc1ccc(NC(C)=O)c(N)c1.CC(=O)Nc1ccc(NC(C)=O)c([N+](=O)[O-])c1.CC(=O)Nc1ccc(NC(C)=O)cc1.CCC(C)C(C)C(C)C(C)C(C)C(C)C(C)(c1cc(NC(C)=O)ccc1NC(C)=O)C(C)CC.O=PO.O=S(=O)(O)O.O=S(=O)=S(=O)=O.O=[N+]([O-])O.[Na][Na]. The van der Waals surface area contributed by atoms with Crippen LogP contribution in [0.2, 0.25) is 0 Å². The van der Waals surface area contributed by atoms with Gasteiger partial charge in [0.15, 0.2) is 0 Å². The van der Waals surface area contributed by atoms with Crippen LogP contribution in [-0.4, -0.2) is 157 Å². The number of nitro benzene ring substituents is 1. The van der Waals surface area contributed by atoms with Crippen molar-refractivity contribution in [3.8, 4) is 0 Å². The summed E-state index contributed by atoms with van der Waals surface area (Å²) in [5.41, 5.74) is 13.7. The Morgan fingerprint density at radius 2 is 0.730 bits per heavy atom. The van der Waals surface area contributed by atoms with Crippen molar-refractivity contribution in [2.24, 2.45) is 41.4 Å². The summed E-state index contributed by atoms with van der Waals surface area (Å²) in [6.07, 6.45) is 2.24. The molecule has 0 saturated carbocycles. The fourth-order valence-corrected chi connectivity index (χ4v) is 10.5. The minimum absolute atomic E-state index is 0.0786. The normalized spacial score (nSPS) is 12.2. The van der Waals surface area contributed by atoms with Crippen molar-refractivity contribution < 1.29 is 107 Å². The summed E-state index contributed by atoms with van der Waals surface area (Å²) in [6, 6.07) is 27.1. The third kappa shape index (κ3) is 54.3. The summed E-state index contributed by atoms with van der Waals surface area (Å²) < 4.78 is 76.4. The Kier molecular flexibility index (Phi) is 60.0. The molecule has 0 spiro atoms. The molecule has 16 N–H and O–H groups in total. The quantitative estimate of drug-likeness (QED) is 0.00810. The number of hydrogen-bond acceptors (Lipinski definition) is 22. The number of carbonyl (C=O) groups is 10. The third-order valence-electron chi connectivity index (χ3n) is 16.6. The number of aryl methyl sites for hydroxylation is 1. The van der Waals surface area contributed by atoms with Crippen LogP contribution in [0.15, 0.2) is 97.1 Å². The number of nitrogens with one attached hydrogen (secondary N) is 10. The number of nitrogen functional groups attached to an aromatic ring is 1. The topological polar surface area (TPSA) is 604 Å². The van der Waals surface area contributed by atoms with E-state index < -0.39 is 53.5 Å². The van der Waals surface area contributed by atoms with Crippen molar-refractivity contribution in [2.45, 2.75) is 164 Å². The second-order valence-electron chi connectivity index (χ2n) is 25.3.